The maximum Gasteiger partial charge on any atom is 0.245 e. The van der Waals surface area contributed by atoms with E-state index >= 15 is 0 Å². The summed E-state index contributed by atoms with van der Waals surface area (Å²) in [6.07, 6.45) is 3.45. The van der Waals surface area contributed by atoms with Crippen LogP contribution >= 0.6 is 0 Å². The largest absolute Gasteiger partial charge is 0.508 e. The Morgan fingerprint density at radius 1 is 1.09 bits per heavy atom. The smallest absolute Gasteiger partial charge is 0.245 e. The Morgan fingerprint density at radius 2 is 1.88 bits per heavy atom. The van der Waals surface area contributed by atoms with Crippen molar-refractivity contribution in [2.75, 3.05) is 36.0 Å². The summed E-state index contributed by atoms with van der Waals surface area (Å²) < 4.78 is 0. The van der Waals surface area contributed by atoms with Crippen molar-refractivity contribution in [2.24, 2.45) is 5.41 Å². The van der Waals surface area contributed by atoms with E-state index in [4.69, 9.17) is 0 Å². The number of rotatable bonds is 3. The predicted molar refractivity (Wildman–Crippen MR) is 126 cm³/mol. The average molecular weight is 441 g/mol. The molecule has 0 unspecified atom stereocenters. The van der Waals surface area contributed by atoms with Gasteiger partial charge in [0.15, 0.2) is 0 Å². The molecule has 1 spiro atoms. The highest BCUT2D eigenvalue weighted by molar-refractivity contribution is 6.06. The first kappa shape index (κ1) is 19.8. The van der Waals surface area contributed by atoms with Crippen LogP contribution in [0.1, 0.15) is 11.3 Å². The Labute approximate surface area is 191 Å². The molecule has 33 heavy (non-hydrogen) atoms. The third-order valence-electron chi connectivity index (χ3n) is 7.10. The van der Waals surface area contributed by atoms with Crippen molar-refractivity contribution in [3.63, 3.8) is 0 Å². The second-order valence-electron chi connectivity index (χ2n) is 9.35. The summed E-state index contributed by atoms with van der Waals surface area (Å²) in [7, 11) is 0. The van der Waals surface area contributed by atoms with Gasteiger partial charge in [0.25, 0.3) is 0 Å². The van der Waals surface area contributed by atoms with Crippen molar-refractivity contribution < 1.29 is 14.7 Å². The molecule has 7 heteroatoms. The van der Waals surface area contributed by atoms with E-state index in [9.17, 15) is 14.7 Å². The minimum absolute atomic E-state index is 0.00543. The zero-order valence-electron chi connectivity index (χ0n) is 18.2. The first-order valence-corrected chi connectivity index (χ1v) is 11.1. The van der Waals surface area contributed by atoms with Gasteiger partial charge in [-0.2, -0.15) is 0 Å². The summed E-state index contributed by atoms with van der Waals surface area (Å²) >= 11 is 0. The molecular weight excluding hydrogens is 416 g/mol. The van der Waals surface area contributed by atoms with Gasteiger partial charge in [-0.15, -0.1) is 0 Å². The number of fused-ring (bicyclic) bond motifs is 2. The Morgan fingerprint density at radius 3 is 2.67 bits per heavy atom. The number of amides is 2. The number of anilines is 2. The molecule has 4 heterocycles. The summed E-state index contributed by atoms with van der Waals surface area (Å²) in [4.78, 5) is 35.5. The van der Waals surface area contributed by atoms with E-state index in [0.29, 0.717) is 12.2 Å². The molecule has 2 fully saturated rings. The number of phenols is 1. The van der Waals surface area contributed by atoms with Crippen molar-refractivity contribution >= 4 is 34.0 Å². The number of likely N-dealkylation sites (tertiary alicyclic amines) is 1. The molecule has 7 nitrogen and oxygen atoms in total. The third kappa shape index (κ3) is 3.07. The molecule has 0 saturated carbocycles. The van der Waals surface area contributed by atoms with Crippen molar-refractivity contribution in [1.29, 1.82) is 0 Å². The lowest BCUT2D eigenvalue weighted by Crippen LogP contribution is -2.73. The van der Waals surface area contributed by atoms with Gasteiger partial charge in [0.05, 0.1) is 24.3 Å². The second-order valence-corrected chi connectivity index (χ2v) is 9.35. The summed E-state index contributed by atoms with van der Waals surface area (Å²) in [5, 5.41) is 12.1. The molecule has 6 rings (SSSR count). The number of carbonyl (C=O) groups is 2. The van der Waals surface area contributed by atoms with Gasteiger partial charge in [-0.3, -0.25) is 14.6 Å². The van der Waals surface area contributed by atoms with E-state index in [1.165, 1.54) is 6.08 Å². The molecule has 0 bridgehead atoms. The minimum atomic E-state index is -0.00877. The summed E-state index contributed by atoms with van der Waals surface area (Å²) in [5.41, 5.74) is 3.79. The van der Waals surface area contributed by atoms with E-state index in [2.05, 4.69) is 16.5 Å². The van der Waals surface area contributed by atoms with Crippen LogP contribution in [-0.2, 0) is 22.6 Å². The summed E-state index contributed by atoms with van der Waals surface area (Å²) in [6.45, 7) is 7.21. The molecule has 1 aromatic heterocycles. The van der Waals surface area contributed by atoms with Crippen LogP contribution in [0.25, 0.3) is 10.8 Å². The SMILES string of the molecule is C=CC(=O)N1CC2(C1)CN(c1ccnc3c1CC(=O)N(c1cc(O)cc4ccccc14)C3)C2. The predicted octanol–water partition coefficient (Wildman–Crippen LogP) is 2.86. The van der Waals surface area contributed by atoms with E-state index in [1.807, 2.05) is 41.4 Å². The van der Waals surface area contributed by atoms with Crippen molar-refractivity contribution in [3.05, 3.63) is 72.6 Å². The van der Waals surface area contributed by atoms with E-state index in [1.54, 1.807) is 17.0 Å². The van der Waals surface area contributed by atoms with Gasteiger partial charge in [0, 0.05) is 60.5 Å². The van der Waals surface area contributed by atoms with Crippen LogP contribution in [0.4, 0.5) is 11.4 Å². The van der Waals surface area contributed by atoms with Crippen molar-refractivity contribution in [3.8, 4) is 5.75 Å². The van der Waals surface area contributed by atoms with Crippen molar-refractivity contribution in [2.45, 2.75) is 13.0 Å². The minimum Gasteiger partial charge on any atom is -0.508 e. The molecule has 1 N–H and O–H groups in total. The Balaban J connectivity index is 1.26. The molecule has 3 aromatic rings. The third-order valence-corrected chi connectivity index (χ3v) is 7.10. The fourth-order valence-corrected chi connectivity index (χ4v) is 5.53. The molecule has 0 atom stereocenters. The van der Waals surface area contributed by atoms with Crippen LogP contribution in [-0.4, -0.2) is 53.0 Å². The quantitative estimate of drug-likeness (QED) is 0.634. The van der Waals surface area contributed by atoms with Crippen LogP contribution in [0.3, 0.4) is 0 Å². The number of phenolic OH excluding ortho intramolecular Hbond substituents is 1. The highest BCUT2D eigenvalue weighted by Crippen LogP contribution is 2.44. The molecule has 2 amide bonds. The topological polar surface area (TPSA) is 77.0 Å². The Kier molecular flexibility index (Phi) is 4.24. The second kappa shape index (κ2) is 7.07. The van der Waals surface area contributed by atoms with Gasteiger partial charge in [-0.05, 0) is 23.6 Å². The number of aromatic hydroxyl groups is 1. The van der Waals surface area contributed by atoms with Gasteiger partial charge < -0.3 is 19.8 Å². The molecular formula is C26H24N4O3. The Hall–Kier alpha value is -3.87. The average Bonchev–Trinajstić information content (AvgIpc) is 2.76. The lowest BCUT2D eigenvalue weighted by atomic mass is 9.72. The van der Waals surface area contributed by atoms with Gasteiger partial charge in [-0.1, -0.05) is 30.8 Å². The fraction of sp³-hybridized carbons (Fsp3) is 0.269. The van der Waals surface area contributed by atoms with Gasteiger partial charge >= 0.3 is 0 Å². The molecule has 0 aliphatic carbocycles. The number of aromatic nitrogens is 1. The van der Waals surface area contributed by atoms with Crippen LogP contribution in [0, 0.1) is 5.41 Å². The van der Waals surface area contributed by atoms with Gasteiger partial charge in [-0.25, -0.2) is 0 Å². The summed E-state index contributed by atoms with van der Waals surface area (Å²) in [5.74, 6) is 0.124. The van der Waals surface area contributed by atoms with Crippen LogP contribution in [0.2, 0.25) is 0 Å². The first-order valence-electron chi connectivity index (χ1n) is 11.1. The van der Waals surface area contributed by atoms with Gasteiger partial charge in [0.1, 0.15) is 5.75 Å². The normalized spacial score (nSPS) is 18.7. The van der Waals surface area contributed by atoms with Crippen LogP contribution < -0.4 is 9.80 Å². The van der Waals surface area contributed by atoms with E-state index in [-0.39, 0.29) is 29.4 Å². The number of pyridine rings is 1. The zero-order chi connectivity index (χ0) is 22.7. The highest BCUT2D eigenvalue weighted by atomic mass is 16.3. The van der Waals surface area contributed by atoms with E-state index < -0.39 is 0 Å². The maximum absolute atomic E-state index is 13.3. The van der Waals surface area contributed by atoms with E-state index in [0.717, 1.165) is 53.9 Å². The molecule has 2 aromatic carbocycles. The lowest BCUT2D eigenvalue weighted by Gasteiger charge is -2.61. The number of nitrogens with zero attached hydrogens (tertiary/aromatic N) is 4. The van der Waals surface area contributed by atoms with Gasteiger partial charge in [0.2, 0.25) is 11.8 Å². The van der Waals surface area contributed by atoms with Crippen LogP contribution in [0.5, 0.6) is 5.75 Å². The summed E-state index contributed by atoms with van der Waals surface area (Å²) in [6, 6.07) is 13.1. The number of carbonyl (C=O) groups excluding carboxylic acids is 2. The lowest BCUT2D eigenvalue weighted by molar-refractivity contribution is -0.139. The number of hydrogen-bond acceptors (Lipinski definition) is 5. The maximum atomic E-state index is 13.3. The van der Waals surface area contributed by atoms with Crippen molar-refractivity contribution in [1.82, 2.24) is 9.88 Å². The Bertz CT molecular complexity index is 1320. The number of benzene rings is 2. The molecule has 166 valence electrons. The molecule has 3 aliphatic heterocycles. The monoisotopic (exact) mass is 440 g/mol. The first-order chi connectivity index (χ1) is 16.0. The molecule has 2 saturated heterocycles. The standard InChI is InChI=1S/C26H24N4O3/c1-2-24(32)29-15-26(16-29)13-28(14-26)22-7-8-27-21-12-30(25(33)11-20(21)22)23-10-18(31)9-17-5-3-4-6-19(17)23/h2-10,31H,1,11-16H2. The molecule has 0 radical (unpaired) electrons. The van der Waals surface area contributed by atoms with Crippen LogP contribution in [0.15, 0.2) is 61.3 Å². The fourth-order valence-electron chi connectivity index (χ4n) is 5.53. The zero-order valence-corrected chi connectivity index (χ0v) is 18.2. The highest BCUT2D eigenvalue weighted by Gasteiger charge is 2.53. The number of hydrogen-bond donors (Lipinski definition) is 1. The molecule has 3 aliphatic rings.